The molecule has 3 rings (SSSR count). The van der Waals surface area contributed by atoms with Crippen molar-refractivity contribution in [1.29, 1.82) is 0 Å². The fraction of sp³-hybridized carbons (Fsp3) is 0.529. The zero-order valence-electron chi connectivity index (χ0n) is 14.4. The van der Waals surface area contributed by atoms with Crippen LogP contribution >= 0.6 is 0 Å². The molecule has 2 amide bonds. The van der Waals surface area contributed by atoms with Crippen LogP contribution in [0.3, 0.4) is 0 Å². The van der Waals surface area contributed by atoms with Gasteiger partial charge in [-0.1, -0.05) is 0 Å². The molecule has 0 saturated carbocycles. The maximum absolute atomic E-state index is 12.3. The lowest BCUT2D eigenvalue weighted by molar-refractivity contribution is -0.123. The third-order valence-corrected chi connectivity index (χ3v) is 4.71. The standard InChI is InChI=1S/C17H24N6O2/c1-22-15-8-13(9-20-14(15)10-21-22)17(25)19-5-3-7-23-6-2-4-12(11-23)16(18)24/h8-10,12H,2-7,11H2,1H3,(H2,18,24)(H,19,25). The molecule has 0 aliphatic carbocycles. The van der Waals surface area contributed by atoms with Gasteiger partial charge in [0, 0.05) is 26.3 Å². The van der Waals surface area contributed by atoms with Crippen molar-refractivity contribution in [2.45, 2.75) is 19.3 Å². The van der Waals surface area contributed by atoms with Gasteiger partial charge < -0.3 is 16.0 Å². The number of carbonyl (C=O) groups is 2. The molecular formula is C17H24N6O2. The normalized spacial score (nSPS) is 18.4. The molecule has 0 bridgehead atoms. The van der Waals surface area contributed by atoms with E-state index in [4.69, 9.17) is 5.73 Å². The van der Waals surface area contributed by atoms with Gasteiger partial charge in [0.15, 0.2) is 0 Å². The van der Waals surface area contributed by atoms with E-state index >= 15 is 0 Å². The number of pyridine rings is 1. The Balaban J connectivity index is 1.46. The largest absolute Gasteiger partial charge is 0.369 e. The highest BCUT2D eigenvalue weighted by atomic mass is 16.2. The van der Waals surface area contributed by atoms with Crippen LogP contribution in [-0.4, -0.2) is 57.7 Å². The summed E-state index contributed by atoms with van der Waals surface area (Å²) in [4.78, 5) is 30.1. The van der Waals surface area contributed by atoms with Gasteiger partial charge in [0.25, 0.3) is 5.91 Å². The summed E-state index contributed by atoms with van der Waals surface area (Å²) in [6, 6.07) is 1.80. The number of nitrogens with two attached hydrogens (primary N) is 1. The number of likely N-dealkylation sites (tertiary alicyclic amines) is 1. The predicted octanol–water partition coefficient (Wildman–Crippen LogP) is 0.286. The summed E-state index contributed by atoms with van der Waals surface area (Å²) < 4.78 is 1.70. The Morgan fingerprint density at radius 1 is 1.40 bits per heavy atom. The van der Waals surface area contributed by atoms with Crippen LogP contribution in [0.1, 0.15) is 29.6 Å². The molecule has 0 aromatic carbocycles. The molecule has 25 heavy (non-hydrogen) atoms. The van der Waals surface area contributed by atoms with Crippen LogP contribution in [0, 0.1) is 5.92 Å². The van der Waals surface area contributed by atoms with Gasteiger partial charge in [0.05, 0.1) is 23.2 Å². The van der Waals surface area contributed by atoms with Crippen LogP contribution in [0.25, 0.3) is 11.0 Å². The van der Waals surface area contributed by atoms with E-state index in [0.29, 0.717) is 12.1 Å². The van der Waals surface area contributed by atoms with Gasteiger partial charge >= 0.3 is 0 Å². The molecule has 2 aromatic rings. The predicted molar refractivity (Wildman–Crippen MR) is 93.8 cm³/mol. The van der Waals surface area contributed by atoms with Crippen LogP contribution in [-0.2, 0) is 11.8 Å². The minimum Gasteiger partial charge on any atom is -0.369 e. The van der Waals surface area contributed by atoms with Gasteiger partial charge in [-0.3, -0.25) is 19.3 Å². The van der Waals surface area contributed by atoms with Crippen LogP contribution in [0.15, 0.2) is 18.5 Å². The summed E-state index contributed by atoms with van der Waals surface area (Å²) >= 11 is 0. The van der Waals surface area contributed by atoms with Gasteiger partial charge in [-0.15, -0.1) is 0 Å². The van der Waals surface area contributed by atoms with E-state index in [2.05, 4.69) is 20.3 Å². The zero-order valence-corrected chi connectivity index (χ0v) is 14.4. The molecule has 8 heteroatoms. The SMILES string of the molecule is Cn1ncc2ncc(C(=O)NCCCN3CCCC(C(N)=O)C3)cc21. The van der Waals surface area contributed by atoms with Gasteiger partial charge in [-0.2, -0.15) is 5.10 Å². The molecule has 0 radical (unpaired) electrons. The molecule has 1 aliphatic rings. The van der Waals surface area contributed by atoms with Gasteiger partial charge in [-0.05, 0) is 38.4 Å². The number of nitrogens with one attached hydrogen (secondary N) is 1. The summed E-state index contributed by atoms with van der Waals surface area (Å²) in [6.07, 6.45) is 5.96. The number of fused-ring (bicyclic) bond motifs is 1. The number of piperidine rings is 1. The monoisotopic (exact) mass is 344 g/mol. The number of hydrogen-bond donors (Lipinski definition) is 2. The van der Waals surface area contributed by atoms with Crippen molar-refractivity contribution in [3.8, 4) is 0 Å². The average Bonchev–Trinajstić information content (AvgIpc) is 2.99. The smallest absolute Gasteiger partial charge is 0.252 e. The number of rotatable bonds is 6. The Morgan fingerprint density at radius 3 is 3.04 bits per heavy atom. The molecular weight excluding hydrogens is 320 g/mol. The lowest BCUT2D eigenvalue weighted by Crippen LogP contribution is -2.42. The van der Waals surface area contributed by atoms with Crippen LogP contribution in [0.2, 0.25) is 0 Å². The highest BCUT2D eigenvalue weighted by molar-refractivity contribution is 5.96. The molecule has 134 valence electrons. The van der Waals surface area contributed by atoms with E-state index in [1.165, 1.54) is 0 Å². The van der Waals surface area contributed by atoms with E-state index in [0.717, 1.165) is 49.9 Å². The van der Waals surface area contributed by atoms with Crippen LogP contribution in [0.4, 0.5) is 0 Å². The second-order valence-corrected chi connectivity index (χ2v) is 6.55. The van der Waals surface area contributed by atoms with E-state index in [-0.39, 0.29) is 17.7 Å². The minimum atomic E-state index is -0.212. The van der Waals surface area contributed by atoms with Crippen molar-refractivity contribution in [2.24, 2.45) is 18.7 Å². The molecule has 0 spiro atoms. The Kier molecular flexibility index (Phi) is 5.28. The second-order valence-electron chi connectivity index (χ2n) is 6.55. The first kappa shape index (κ1) is 17.3. The lowest BCUT2D eigenvalue weighted by Gasteiger charge is -2.31. The Morgan fingerprint density at radius 2 is 2.24 bits per heavy atom. The third-order valence-electron chi connectivity index (χ3n) is 4.71. The molecule has 1 fully saturated rings. The summed E-state index contributed by atoms with van der Waals surface area (Å²) in [5.41, 5.74) is 7.53. The van der Waals surface area contributed by atoms with Crippen LogP contribution in [0.5, 0.6) is 0 Å². The number of primary amides is 1. The first-order chi connectivity index (χ1) is 12.0. The molecule has 3 N–H and O–H groups in total. The van der Waals surface area contributed by atoms with Crippen molar-refractivity contribution in [2.75, 3.05) is 26.2 Å². The molecule has 2 aromatic heterocycles. The minimum absolute atomic E-state index is 0.0416. The first-order valence-corrected chi connectivity index (χ1v) is 8.62. The summed E-state index contributed by atoms with van der Waals surface area (Å²) in [6.45, 7) is 3.15. The third kappa shape index (κ3) is 4.14. The average molecular weight is 344 g/mol. The Labute approximate surface area is 146 Å². The van der Waals surface area contributed by atoms with E-state index in [1.54, 1.807) is 23.1 Å². The molecule has 8 nitrogen and oxygen atoms in total. The number of amides is 2. The number of hydrogen-bond acceptors (Lipinski definition) is 5. The molecule has 1 aliphatic heterocycles. The van der Waals surface area contributed by atoms with Crippen molar-refractivity contribution in [3.63, 3.8) is 0 Å². The molecule has 1 saturated heterocycles. The molecule has 1 unspecified atom stereocenters. The number of nitrogens with zero attached hydrogens (tertiary/aromatic N) is 4. The summed E-state index contributed by atoms with van der Waals surface area (Å²) in [5, 5.41) is 7.05. The van der Waals surface area contributed by atoms with Crippen molar-refractivity contribution in [1.82, 2.24) is 25.0 Å². The fourth-order valence-corrected chi connectivity index (χ4v) is 3.25. The lowest BCUT2D eigenvalue weighted by atomic mass is 9.97. The summed E-state index contributed by atoms with van der Waals surface area (Å²) in [5.74, 6) is -0.389. The van der Waals surface area contributed by atoms with E-state index < -0.39 is 0 Å². The van der Waals surface area contributed by atoms with Gasteiger partial charge in [-0.25, -0.2) is 0 Å². The number of aryl methyl sites for hydroxylation is 1. The summed E-state index contributed by atoms with van der Waals surface area (Å²) in [7, 11) is 1.82. The van der Waals surface area contributed by atoms with E-state index in [9.17, 15) is 9.59 Å². The second kappa shape index (κ2) is 7.60. The fourth-order valence-electron chi connectivity index (χ4n) is 3.25. The van der Waals surface area contributed by atoms with Crippen LogP contribution < -0.4 is 11.1 Å². The molecule has 1 atom stereocenters. The maximum atomic E-state index is 12.3. The topological polar surface area (TPSA) is 106 Å². The maximum Gasteiger partial charge on any atom is 0.252 e. The van der Waals surface area contributed by atoms with Crippen molar-refractivity contribution in [3.05, 3.63) is 24.0 Å². The van der Waals surface area contributed by atoms with E-state index in [1.807, 2.05) is 7.05 Å². The molecule has 3 heterocycles. The Hall–Kier alpha value is -2.48. The van der Waals surface area contributed by atoms with Crippen molar-refractivity contribution >= 4 is 22.8 Å². The Bertz CT molecular complexity index is 772. The van der Waals surface area contributed by atoms with Gasteiger partial charge in [0.1, 0.15) is 5.52 Å². The number of carbonyl (C=O) groups excluding carboxylic acids is 2. The number of aromatic nitrogens is 3. The highest BCUT2D eigenvalue weighted by Gasteiger charge is 2.23. The van der Waals surface area contributed by atoms with Crippen molar-refractivity contribution < 1.29 is 9.59 Å². The first-order valence-electron chi connectivity index (χ1n) is 8.62. The quantitative estimate of drug-likeness (QED) is 0.733. The zero-order chi connectivity index (χ0) is 17.8. The highest BCUT2D eigenvalue weighted by Crippen LogP contribution is 2.16. The van der Waals surface area contributed by atoms with Gasteiger partial charge in [0.2, 0.25) is 5.91 Å².